The highest BCUT2D eigenvalue weighted by Gasteiger charge is 2.25. The van der Waals surface area contributed by atoms with Crippen molar-refractivity contribution in [1.29, 1.82) is 0 Å². The van der Waals surface area contributed by atoms with Crippen LogP contribution in [0.4, 0.5) is 0 Å². The zero-order chi connectivity index (χ0) is 15.5. The fourth-order valence-electron chi connectivity index (χ4n) is 2.62. The van der Waals surface area contributed by atoms with Gasteiger partial charge in [0.1, 0.15) is 0 Å². The van der Waals surface area contributed by atoms with E-state index in [2.05, 4.69) is 9.97 Å². The Hall–Kier alpha value is -2.76. The first kappa shape index (κ1) is 14.2. The third kappa shape index (κ3) is 2.55. The number of fused-ring (bicyclic) bond motifs is 1. The van der Waals surface area contributed by atoms with Crippen LogP contribution >= 0.6 is 0 Å². The molecule has 1 aliphatic heterocycles. The summed E-state index contributed by atoms with van der Waals surface area (Å²) in [5.41, 5.74) is 2.83. The van der Waals surface area contributed by atoms with E-state index in [4.69, 9.17) is 4.74 Å². The smallest absolute Gasteiger partial charge is 0.339 e. The van der Waals surface area contributed by atoms with Gasteiger partial charge in [-0.2, -0.15) is 0 Å². The van der Waals surface area contributed by atoms with Crippen molar-refractivity contribution in [3.05, 3.63) is 59.2 Å². The van der Waals surface area contributed by atoms with Gasteiger partial charge in [0, 0.05) is 37.9 Å². The van der Waals surface area contributed by atoms with Crippen LogP contribution < -0.4 is 0 Å². The van der Waals surface area contributed by atoms with E-state index in [-0.39, 0.29) is 5.91 Å². The van der Waals surface area contributed by atoms with E-state index in [9.17, 15) is 9.59 Å². The summed E-state index contributed by atoms with van der Waals surface area (Å²) in [4.78, 5) is 34.0. The minimum atomic E-state index is -0.392. The lowest BCUT2D eigenvalue weighted by Crippen LogP contribution is -2.36. The molecule has 112 valence electrons. The van der Waals surface area contributed by atoms with Crippen LogP contribution in [0.15, 0.2) is 36.9 Å². The monoisotopic (exact) mass is 297 g/mol. The van der Waals surface area contributed by atoms with E-state index < -0.39 is 5.97 Å². The van der Waals surface area contributed by atoms with Crippen molar-refractivity contribution in [2.75, 3.05) is 13.7 Å². The lowest BCUT2D eigenvalue weighted by molar-refractivity contribution is 0.0598. The zero-order valence-corrected chi connectivity index (χ0v) is 12.2. The molecule has 0 fully saturated rings. The molecule has 2 aromatic rings. The van der Waals surface area contributed by atoms with Crippen LogP contribution in [0.2, 0.25) is 0 Å². The Balaban J connectivity index is 1.86. The van der Waals surface area contributed by atoms with Gasteiger partial charge >= 0.3 is 5.97 Å². The van der Waals surface area contributed by atoms with Crippen molar-refractivity contribution in [3.8, 4) is 0 Å². The molecule has 0 spiro atoms. The normalized spacial score (nSPS) is 13.4. The number of pyridine rings is 2. The summed E-state index contributed by atoms with van der Waals surface area (Å²) in [6, 6.07) is 3.48. The third-order valence-corrected chi connectivity index (χ3v) is 3.74. The molecule has 0 unspecified atom stereocenters. The largest absolute Gasteiger partial charge is 0.465 e. The second kappa shape index (κ2) is 5.93. The molecule has 22 heavy (non-hydrogen) atoms. The summed E-state index contributed by atoms with van der Waals surface area (Å²) < 4.78 is 4.78. The maximum Gasteiger partial charge on any atom is 0.339 e. The first-order valence-electron chi connectivity index (χ1n) is 6.94. The number of hydrogen-bond donors (Lipinski definition) is 0. The molecule has 1 amide bonds. The molecule has 0 saturated carbocycles. The zero-order valence-electron chi connectivity index (χ0n) is 12.2. The van der Waals surface area contributed by atoms with Crippen molar-refractivity contribution in [2.45, 2.75) is 13.0 Å². The number of carbonyl (C=O) groups excluding carboxylic acids is 2. The minimum absolute atomic E-state index is 0.0674. The highest BCUT2D eigenvalue weighted by Crippen LogP contribution is 2.23. The van der Waals surface area contributed by atoms with E-state index in [1.807, 2.05) is 0 Å². The van der Waals surface area contributed by atoms with Gasteiger partial charge in [-0.05, 0) is 29.7 Å². The Kier molecular flexibility index (Phi) is 3.82. The van der Waals surface area contributed by atoms with Crippen molar-refractivity contribution in [2.24, 2.45) is 0 Å². The van der Waals surface area contributed by atoms with Gasteiger partial charge in [0.15, 0.2) is 0 Å². The summed E-state index contributed by atoms with van der Waals surface area (Å²) in [5.74, 6) is -0.460. The summed E-state index contributed by atoms with van der Waals surface area (Å²) in [5, 5.41) is 0. The fourth-order valence-corrected chi connectivity index (χ4v) is 2.62. The second-order valence-electron chi connectivity index (χ2n) is 5.03. The molecule has 6 heteroatoms. The molecule has 3 heterocycles. The van der Waals surface area contributed by atoms with Gasteiger partial charge in [-0.15, -0.1) is 0 Å². The van der Waals surface area contributed by atoms with Crippen molar-refractivity contribution < 1.29 is 14.3 Å². The van der Waals surface area contributed by atoms with E-state index >= 15 is 0 Å². The summed E-state index contributed by atoms with van der Waals surface area (Å²) in [7, 11) is 1.35. The van der Waals surface area contributed by atoms with Crippen LogP contribution in [0, 0.1) is 0 Å². The van der Waals surface area contributed by atoms with Crippen LogP contribution in [-0.4, -0.2) is 40.4 Å². The maximum atomic E-state index is 12.5. The molecule has 1 aliphatic rings. The van der Waals surface area contributed by atoms with E-state index in [0.717, 1.165) is 11.1 Å². The molecule has 0 saturated heterocycles. The van der Waals surface area contributed by atoms with Crippen LogP contribution in [0.25, 0.3) is 0 Å². The molecule has 0 aliphatic carbocycles. The Labute approximate surface area is 127 Å². The summed E-state index contributed by atoms with van der Waals surface area (Å²) in [6.45, 7) is 0.982. The third-order valence-electron chi connectivity index (χ3n) is 3.74. The average molecular weight is 297 g/mol. The van der Waals surface area contributed by atoms with Gasteiger partial charge in [-0.1, -0.05) is 0 Å². The van der Waals surface area contributed by atoms with Crippen molar-refractivity contribution >= 4 is 11.9 Å². The summed E-state index contributed by atoms with van der Waals surface area (Å²) in [6.07, 6.45) is 7.01. The fraction of sp³-hybridized carbons (Fsp3) is 0.250. The second-order valence-corrected chi connectivity index (χ2v) is 5.03. The molecule has 2 aromatic heterocycles. The van der Waals surface area contributed by atoms with Gasteiger partial charge < -0.3 is 9.64 Å². The van der Waals surface area contributed by atoms with Crippen LogP contribution in [0.5, 0.6) is 0 Å². The summed E-state index contributed by atoms with van der Waals surface area (Å²) >= 11 is 0. The van der Waals surface area contributed by atoms with Crippen LogP contribution in [0.1, 0.15) is 31.8 Å². The van der Waals surface area contributed by atoms with Gasteiger partial charge in [-0.3, -0.25) is 14.8 Å². The lowest BCUT2D eigenvalue weighted by Gasteiger charge is -2.29. The highest BCUT2D eigenvalue weighted by atomic mass is 16.5. The first-order chi connectivity index (χ1) is 10.7. The maximum absolute atomic E-state index is 12.5. The molecule has 0 bridgehead atoms. The first-order valence-corrected chi connectivity index (χ1v) is 6.94. The standard InChI is InChI=1S/C16H15N3O3/c1-22-16(21)14-9-18-8-12-10-19(6-4-13(12)14)15(20)11-3-2-5-17-7-11/h2-3,5,7-9H,4,6,10H2,1H3. The van der Waals surface area contributed by atoms with Gasteiger partial charge in [0.2, 0.25) is 0 Å². The van der Waals surface area contributed by atoms with Gasteiger partial charge in [-0.25, -0.2) is 4.79 Å². The number of methoxy groups -OCH3 is 1. The number of hydrogen-bond acceptors (Lipinski definition) is 5. The molecule has 0 N–H and O–H groups in total. The Morgan fingerprint density at radius 3 is 2.82 bits per heavy atom. The van der Waals surface area contributed by atoms with E-state index in [1.165, 1.54) is 13.3 Å². The molecule has 3 rings (SSSR count). The van der Waals surface area contributed by atoms with Crippen molar-refractivity contribution in [3.63, 3.8) is 0 Å². The molecular weight excluding hydrogens is 282 g/mol. The predicted molar refractivity (Wildman–Crippen MR) is 78.3 cm³/mol. The molecule has 0 radical (unpaired) electrons. The quantitative estimate of drug-likeness (QED) is 0.785. The number of rotatable bonds is 2. The number of nitrogens with zero attached hydrogens (tertiary/aromatic N) is 3. The predicted octanol–water partition coefficient (Wildman–Crippen LogP) is 1.46. The Bertz CT molecular complexity index is 716. The molecule has 0 atom stereocenters. The number of amides is 1. The molecular formula is C16H15N3O3. The lowest BCUT2D eigenvalue weighted by atomic mass is 9.97. The Morgan fingerprint density at radius 1 is 1.23 bits per heavy atom. The van der Waals surface area contributed by atoms with Gasteiger partial charge in [0.05, 0.1) is 18.2 Å². The van der Waals surface area contributed by atoms with E-state index in [1.54, 1.807) is 35.6 Å². The van der Waals surface area contributed by atoms with Crippen LogP contribution in [0.3, 0.4) is 0 Å². The topological polar surface area (TPSA) is 72.4 Å². The number of carbonyl (C=O) groups is 2. The number of esters is 1. The highest BCUT2D eigenvalue weighted by molar-refractivity contribution is 5.94. The van der Waals surface area contributed by atoms with Gasteiger partial charge in [0.25, 0.3) is 5.91 Å². The SMILES string of the molecule is COC(=O)c1cncc2c1CCN(C(=O)c1cccnc1)C2. The van der Waals surface area contributed by atoms with E-state index in [0.29, 0.717) is 30.6 Å². The molecule has 0 aromatic carbocycles. The van der Waals surface area contributed by atoms with Crippen LogP contribution in [-0.2, 0) is 17.7 Å². The minimum Gasteiger partial charge on any atom is -0.465 e. The molecule has 6 nitrogen and oxygen atoms in total. The Morgan fingerprint density at radius 2 is 2.09 bits per heavy atom. The number of aromatic nitrogens is 2. The van der Waals surface area contributed by atoms with Crippen molar-refractivity contribution in [1.82, 2.24) is 14.9 Å². The number of ether oxygens (including phenoxy) is 1. The average Bonchev–Trinajstić information content (AvgIpc) is 2.60.